The van der Waals surface area contributed by atoms with Gasteiger partial charge in [-0.1, -0.05) is 13.3 Å². The third-order valence-electron chi connectivity index (χ3n) is 3.96. The molecule has 1 fully saturated rings. The maximum absolute atomic E-state index is 10.9. The van der Waals surface area contributed by atoms with Crippen molar-refractivity contribution in [3.63, 3.8) is 0 Å². The van der Waals surface area contributed by atoms with Gasteiger partial charge in [0.2, 0.25) is 0 Å². The standard InChI is InChI=1S/C16H25NO2/c1-12(2)19-15-9-14(10-17-11-15)16(18)7-4-5-13(3)6-8-16/h9-13,18H,4-8H2,1-3H3. The van der Waals surface area contributed by atoms with Crippen LogP contribution in [0, 0.1) is 5.92 Å². The number of ether oxygens (including phenoxy) is 1. The molecule has 3 nitrogen and oxygen atoms in total. The minimum absolute atomic E-state index is 0.126. The molecule has 0 radical (unpaired) electrons. The molecule has 1 aliphatic carbocycles. The first kappa shape index (κ1) is 14.3. The Hall–Kier alpha value is -1.09. The molecular formula is C16H25NO2. The topological polar surface area (TPSA) is 42.4 Å². The molecule has 1 aliphatic rings. The normalized spacial score (nSPS) is 28.2. The number of rotatable bonds is 3. The number of hydrogen-bond acceptors (Lipinski definition) is 3. The molecule has 1 N–H and O–H groups in total. The third kappa shape index (κ3) is 3.69. The maximum atomic E-state index is 10.9. The van der Waals surface area contributed by atoms with Gasteiger partial charge in [0.05, 0.1) is 17.9 Å². The van der Waals surface area contributed by atoms with Crippen LogP contribution in [0.5, 0.6) is 5.75 Å². The first-order chi connectivity index (χ1) is 8.99. The quantitative estimate of drug-likeness (QED) is 0.846. The first-order valence-electron chi connectivity index (χ1n) is 7.34. The maximum Gasteiger partial charge on any atom is 0.138 e. The summed E-state index contributed by atoms with van der Waals surface area (Å²) in [6, 6.07) is 1.95. The van der Waals surface area contributed by atoms with E-state index in [1.807, 2.05) is 19.9 Å². The van der Waals surface area contributed by atoms with Crippen LogP contribution < -0.4 is 4.74 Å². The van der Waals surface area contributed by atoms with E-state index in [2.05, 4.69) is 11.9 Å². The fourth-order valence-electron chi connectivity index (χ4n) is 2.80. The van der Waals surface area contributed by atoms with Crippen molar-refractivity contribution < 1.29 is 9.84 Å². The molecule has 106 valence electrons. The number of aromatic nitrogens is 1. The molecule has 1 aromatic rings. The van der Waals surface area contributed by atoms with E-state index in [-0.39, 0.29) is 6.10 Å². The van der Waals surface area contributed by atoms with Crippen LogP contribution in [-0.4, -0.2) is 16.2 Å². The lowest BCUT2D eigenvalue weighted by atomic mass is 9.87. The Bertz CT molecular complexity index is 419. The van der Waals surface area contributed by atoms with Crippen molar-refractivity contribution >= 4 is 0 Å². The fraction of sp³-hybridized carbons (Fsp3) is 0.688. The highest BCUT2D eigenvalue weighted by Crippen LogP contribution is 2.38. The van der Waals surface area contributed by atoms with E-state index in [0.29, 0.717) is 5.92 Å². The van der Waals surface area contributed by atoms with Gasteiger partial charge in [0.1, 0.15) is 5.75 Å². The summed E-state index contributed by atoms with van der Waals surface area (Å²) >= 11 is 0. The third-order valence-corrected chi connectivity index (χ3v) is 3.96. The van der Waals surface area contributed by atoms with E-state index in [1.165, 1.54) is 6.42 Å². The van der Waals surface area contributed by atoms with Crippen LogP contribution in [0.15, 0.2) is 18.5 Å². The number of hydrogen-bond donors (Lipinski definition) is 1. The van der Waals surface area contributed by atoms with Crippen molar-refractivity contribution in [3.05, 3.63) is 24.0 Å². The zero-order chi connectivity index (χ0) is 13.9. The van der Waals surface area contributed by atoms with Gasteiger partial charge in [0, 0.05) is 11.8 Å². The Morgan fingerprint density at radius 1 is 1.32 bits per heavy atom. The Labute approximate surface area is 116 Å². The van der Waals surface area contributed by atoms with Gasteiger partial charge in [-0.15, -0.1) is 0 Å². The molecule has 0 saturated heterocycles. The molecule has 0 amide bonds. The second kappa shape index (κ2) is 5.91. The highest BCUT2D eigenvalue weighted by atomic mass is 16.5. The van der Waals surface area contributed by atoms with Gasteiger partial charge in [-0.25, -0.2) is 0 Å². The molecule has 1 saturated carbocycles. The smallest absolute Gasteiger partial charge is 0.138 e. The summed E-state index contributed by atoms with van der Waals surface area (Å²) in [6.07, 6.45) is 8.62. The van der Waals surface area contributed by atoms with E-state index in [9.17, 15) is 5.11 Å². The van der Waals surface area contributed by atoms with Gasteiger partial charge in [-0.2, -0.15) is 0 Å². The fourth-order valence-corrected chi connectivity index (χ4v) is 2.80. The molecule has 3 heteroatoms. The van der Waals surface area contributed by atoms with Crippen LogP contribution in [0.3, 0.4) is 0 Å². The molecule has 1 aromatic heterocycles. The van der Waals surface area contributed by atoms with Crippen LogP contribution in [0.2, 0.25) is 0 Å². The SMILES string of the molecule is CC1CCCC(O)(c2cncc(OC(C)C)c2)CC1. The molecule has 0 aliphatic heterocycles. The molecule has 2 rings (SSSR count). The van der Waals surface area contributed by atoms with Gasteiger partial charge < -0.3 is 9.84 Å². The van der Waals surface area contributed by atoms with Crippen LogP contribution in [0.25, 0.3) is 0 Å². The van der Waals surface area contributed by atoms with Crippen LogP contribution >= 0.6 is 0 Å². The summed E-state index contributed by atoms with van der Waals surface area (Å²) in [4.78, 5) is 4.22. The van der Waals surface area contributed by atoms with Crippen molar-refractivity contribution in [1.29, 1.82) is 0 Å². The van der Waals surface area contributed by atoms with Gasteiger partial charge in [-0.3, -0.25) is 4.98 Å². The Kier molecular flexibility index (Phi) is 4.46. The second-order valence-electron chi connectivity index (χ2n) is 6.14. The first-order valence-corrected chi connectivity index (χ1v) is 7.34. The summed E-state index contributed by atoms with van der Waals surface area (Å²) < 4.78 is 5.67. The predicted molar refractivity (Wildman–Crippen MR) is 76.1 cm³/mol. The molecule has 0 bridgehead atoms. The van der Waals surface area contributed by atoms with Gasteiger partial charge in [0.15, 0.2) is 0 Å². The van der Waals surface area contributed by atoms with Crippen molar-refractivity contribution in [3.8, 4) is 5.75 Å². The van der Waals surface area contributed by atoms with Gasteiger partial charge in [0.25, 0.3) is 0 Å². The van der Waals surface area contributed by atoms with Crippen molar-refractivity contribution in [2.75, 3.05) is 0 Å². The van der Waals surface area contributed by atoms with Crippen molar-refractivity contribution in [2.45, 2.75) is 64.6 Å². The summed E-state index contributed by atoms with van der Waals surface area (Å²) in [5, 5.41) is 10.9. The van der Waals surface area contributed by atoms with E-state index >= 15 is 0 Å². The zero-order valence-corrected chi connectivity index (χ0v) is 12.2. The summed E-state index contributed by atoms with van der Waals surface area (Å²) in [5.41, 5.74) is 0.174. The van der Waals surface area contributed by atoms with Crippen LogP contribution in [-0.2, 0) is 5.60 Å². The molecule has 2 unspecified atom stereocenters. The molecule has 19 heavy (non-hydrogen) atoms. The molecule has 0 spiro atoms. The molecule has 2 atom stereocenters. The minimum atomic E-state index is -0.728. The summed E-state index contributed by atoms with van der Waals surface area (Å²) in [7, 11) is 0. The number of nitrogens with zero attached hydrogens (tertiary/aromatic N) is 1. The van der Waals surface area contributed by atoms with Gasteiger partial charge >= 0.3 is 0 Å². The second-order valence-corrected chi connectivity index (χ2v) is 6.14. The highest BCUT2D eigenvalue weighted by molar-refractivity contribution is 5.28. The summed E-state index contributed by atoms with van der Waals surface area (Å²) in [5.74, 6) is 1.45. The summed E-state index contributed by atoms with van der Waals surface area (Å²) in [6.45, 7) is 6.26. The van der Waals surface area contributed by atoms with Crippen LogP contribution in [0.1, 0.15) is 58.4 Å². The van der Waals surface area contributed by atoms with Crippen molar-refractivity contribution in [2.24, 2.45) is 5.92 Å². The average molecular weight is 263 g/mol. The lowest BCUT2D eigenvalue weighted by Crippen LogP contribution is -2.25. The Morgan fingerprint density at radius 3 is 2.84 bits per heavy atom. The predicted octanol–water partition coefficient (Wildman–Crippen LogP) is 3.66. The molecule has 1 heterocycles. The monoisotopic (exact) mass is 263 g/mol. The average Bonchev–Trinajstić information content (AvgIpc) is 2.52. The lowest BCUT2D eigenvalue weighted by molar-refractivity contribution is 0.0191. The van der Waals surface area contributed by atoms with E-state index < -0.39 is 5.60 Å². The molecule has 0 aromatic carbocycles. The van der Waals surface area contributed by atoms with Crippen molar-refractivity contribution in [1.82, 2.24) is 4.98 Å². The highest BCUT2D eigenvalue weighted by Gasteiger charge is 2.32. The zero-order valence-electron chi connectivity index (χ0n) is 12.2. The largest absolute Gasteiger partial charge is 0.489 e. The molecular weight excluding hydrogens is 238 g/mol. The Balaban J connectivity index is 2.19. The number of aliphatic hydroxyl groups is 1. The van der Waals surface area contributed by atoms with E-state index in [1.54, 1.807) is 12.4 Å². The van der Waals surface area contributed by atoms with E-state index in [4.69, 9.17) is 4.74 Å². The number of pyridine rings is 1. The minimum Gasteiger partial charge on any atom is -0.489 e. The van der Waals surface area contributed by atoms with E-state index in [0.717, 1.165) is 37.0 Å². The van der Waals surface area contributed by atoms with Crippen LogP contribution in [0.4, 0.5) is 0 Å². The van der Waals surface area contributed by atoms with Gasteiger partial charge in [-0.05, 0) is 51.5 Å². The Morgan fingerprint density at radius 2 is 2.11 bits per heavy atom. The lowest BCUT2D eigenvalue weighted by Gasteiger charge is -2.27.